The van der Waals surface area contributed by atoms with Crippen LogP contribution in [0.2, 0.25) is 0 Å². The van der Waals surface area contributed by atoms with Gasteiger partial charge in [-0.25, -0.2) is 0 Å². The molecule has 0 amide bonds. The van der Waals surface area contributed by atoms with Gasteiger partial charge in [-0.1, -0.05) is 0 Å². The zero-order chi connectivity index (χ0) is 13.1. The van der Waals surface area contributed by atoms with E-state index < -0.39 is 0 Å². The highest BCUT2D eigenvalue weighted by Gasteiger charge is 2.33. The molecule has 1 aliphatic heterocycles. The van der Waals surface area contributed by atoms with Gasteiger partial charge >= 0.3 is 0 Å². The van der Waals surface area contributed by atoms with E-state index in [0.29, 0.717) is 12.1 Å². The van der Waals surface area contributed by atoms with Crippen molar-refractivity contribution in [3.8, 4) is 0 Å². The van der Waals surface area contributed by atoms with Gasteiger partial charge in [0, 0.05) is 31.2 Å². The Morgan fingerprint density at radius 3 is 3.05 bits per heavy atom. The summed E-state index contributed by atoms with van der Waals surface area (Å²) in [6.07, 6.45) is 3.95. The maximum Gasteiger partial charge on any atom is 0.0620 e. The lowest BCUT2D eigenvalue weighted by atomic mass is 10.1. The van der Waals surface area contributed by atoms with E-state index in [4.69, 9.17) is 4.74 Å². The van der Waals surface area contributed by atoms with E-state index >= 15 is 0 Å². The van der Waals surface area contributed by atoms with Crippen LogP contribution in [0.15, 0.2) is 16.8 Å². The summed E-state index contributed by atoms with van der Waals surface area (Å²) in [5.41, 5.74) is 1.47. The Bertz CT molecular complexity index is 372. The van der Waals surface area contributed by atoms with Crippen molar-refractivity contribution in [3.05, 3.63) is 22.4 Å². The fourth-order valence-corrected chi connectivity index (χ4v) is 3.62. The van der Waals surface area contributed by atoms with Crippen LogP contribution in [0.3, 0.4) is 0 Å². The number of morpholine rings is 1. The van der Waals surface area contributed by atoms with Crippen LogP contribution < -0.4 is 5.32 Å². The van der Waals surface area contributed by atoms with Gasteiger partial charge in [-0.15, -0.1) is 0 Å². The molecule has 1 aliphatic carbocycles. The van der Waals surface area contributed by atoms with Gasteiger partial charge in [-0.3, -0.25) is 4.90 Å². The minimum atomic E-state index is 0.535. The third kappa shape index (κ3) is 3.78. The summed E-state index contributed by atoms with van der Waals surface area (Å²) in [5, 5.41) is 8.04. The van der Waals surface area contributed by atoms with Gasteiger partial charge in [0.05, 0.1) is 13.2 Å². The first-order valence-electron chi connectivity index (χ1n) is 7.41. The molecular formula is C15H24N2OS. The molecule has 1 N–H and O–H groups in total. The minimum absolute atomic E-state index is 0.535. The first-order valence-corrected chi connectivity index (χ1v) is 8.35. The first kappa shape index (κ1) is 13.6. The normalized spacial score (nSPS) is 25.7. The lowest BCUT2D eigenvalue weighted by Gasteiger charge is -2.33. The third-order valence-corrected chi connectivity index (χ3v) is 4.88. The number of ether oxygens (including phenoxy) is 1. The number of nitrogens with zero attached hydrogens (tertiary/aromatic N) is 1. The summed E-state index contributed by atoms with van der Waals surface area (Å²) in [6.45, 7) is 6.24. The van der Waals surface area contributed by atoms with Crippen LogP contribution >= 0.6 is 11.3 Å². The molecule has 1 saturated heterocycles. The van der Waals surface area contributed by atoms with E-state index in [1.807, 2.05) is 0 Å². The first-order chi connectivity index (χ1) is 9.33. The standard InChI is InChI=1S/C15H24N2OS/c1-12(8-14-10-18-6-5-16-14)17(15-2-3-15)9-13-4-7-19-11-13/h4,7,11-12,14-16H,2-3,5-6,8-10H2,1H3. The van der Waals surface area contributed by atoms with E-state index in [2.05, 4.69) is 34.0 Å². The van der Waals surface area contributed by atoms with Gasteiger partial charge in [0.1, 0.15) is 0 Å². The van der Waals surface area contributed by atoms with Gasteiger partial charge in [-0.05, 0) is 48.6 Å². The number of nitrogens with one attached hydrogen (secondary N) is 1. The van der Waals surface area contributed by atoms with Gasteiger partial charge in [0.2, 0.25) is 0 Å². The lowest BCUT2D eigenvalue weighted by molar-refractivity contribution is 0.0597. The Balaban J connectivity index is 1.56. The van der Waals surface area contributed by atoms with Gasteiger partial charge in [0.15, 0.2) is 0 Å². The van der Waals surface area contributed by atoms with Crippen LogP contribution in [0.25, 0.3) is 0 Å². The summed E-state index contributed by atoms with van der Waals surface area (Å²) >= 11 is 1.80. The Labute approximate surface area is 119 Å². The molecule has 2 atom stereocenters. The SMILES string of the molecule is CC(CC1COCCN1)N(Cc1ccsc1)C1CC1. The molecule has 2 aliphatic rings. The molecule has 1 aromatic rings. The lowest BCUT2D eigenvalue weighted by Crippen LogP contribution is -2.46. The average molecular weight is 280 g/mol. The third-order valence-electron chi connectivity index (χ3n) is 4.15. The molecule has 2 heterocycles. The van der Waals surface area contributed by atoms with Crippen molar-refractivity contribution in [3.63, 3.8) is 0 Å². The Kier molecular flexibility index (Phi) is 4.53. The average Bonchev–Trinajstić information content (AvgIpc) is 3.14. The van der Waals surface area contributed by atoms with E-state index in [0.717, 1.165) is 32.3 Å². The zero-order valence-electron chi connectivity index (χ0n) is 11.7. The number of hydrogen-bond acceptors (Lipinski definition) is 4. The summed E-state index contributed by atoms with van der Waals surface area (Å²) in [4.78, 5) is 2.69. The van der Waals surface area contributed by atoms with Crippen molar-refractivity contribution in [1.82, 2.24) is 10.2 Å². The maximum atomic E-state index is 5.57. The Morgan fingerprint density at radius 1 is 1.53 bits per heavy atom. The molecule has 2 fully saturated rings. The summed E-state index contributed by atoms with van der Waals surface area (Å²) in [5.74, 6) is 0. The van der Waals surface area contributed by atoms with E-state index in [9.17, 15) is 0 Å². The smallest absolute Gasteiger partial charge is 0.0620 e. The predicted molar refractivity (Wildman–Crippen MR) is 79.6 cm³/mol. The van der Waals surface area contributed by atoms with Crippen molar-refractivity contribution in [2.75, 3.05) is 19.8 Å². The van der Waals surface area contributed by atoms with Crippen molar-refractivity contribution < 1.29 is 4.74 Å². The molecule has 4 heteroatoms. The second kappa shape index (κ2) is 6.35. The molecule has 0 radical (unpaired) electrons. The van der Waals surface area contributed by atoms with Crippen molar-refractivity contribution in [1.29, 1.82) is 0 Å². The fraction of sp³-hybridized carbons (Fsp3) is 0.733. The highest BCUT2D eigenvalue weighted by molar-refractivity contribution is 7.07. The van der Waals surface area contributed by atoms with Crippen LogP contribution in [0.4, 0.5) is 0 Å². The zero-order valence-corrected chi connectivity index (χ0v) is 12.5. The molecule has 3 nitrogen and oxygen atoms in total. The topological polar surface area (TPSA) is 24.5 Å². The second-order valence-corrected chi connectivity index (χ2v) is 6.63. The molecule has 1 aromatic heterocycles. The quantitative estimate of drug-likeness (QED) is 0.866. The summed E-state index contributed by atoms with van der Waals surface area (Å²) < 4.78 is 5.57. The molecular weight excluding hydrogens is 256 g/mol. The predicted octanol–water partition coefficient (Wildman–Crippen LogP) is 2.48. The second-order valence-electron chi connectivity index (χ2n) is 5.85. The Hall–Kier alpha value is -0.420. The largest absolute Gasteiger partial charge is 0.379 e. The molecule has 3 rings (SSSR count). The van der Waals surface area contributed by atoms with Gasteiger partial charge in [0.25, 0.3) is 0 Å². The monoisotopic (exact) mass is 280 g/mol. The van der Waals surface area contributed by atoms with Gasteiger partial charge < -0.3 is 10.1 Å². The van der Waals surface area contributed by atoms with Crippen molar-refractivity contribution in [2.45, 2.75) is 50.9 Å². The molecule has 1 saturated carbocycles. The fourth-order valence-electron chi connectivity index (χ4n) is 2.96. The van der Waals surface area contributed by atoms with Crippen LogP contribution in [-0.4, -0.2) is 42.8 Å². The van der Waals surface area contributed by atoms with Crippen LogP contribution in [-0.2, 0) is 11.3 Å². The van der Waals surface area contributed by atoms with E-state index in [-0.39, 0.29) is 0 Å². The van der Waals surface area contributed by atoms with Crippen molar-refractivity contribution >= 4 is 11.3 Å². The summed E-state index contributed by atoms with van der Waals surface area (Å²) in [6, 6.07) is 4.24. The molecule has 0 aromatic carbocycles. The highest BCUT2D eigenvalue weighted by atomic mass is 32.1. The van der Waals surface area contributed by atoms with Crippen molar-refractivity contribution in [2.24, 2.45) is 0 Å². The summed E-state index contributed by atoms with van der Waals surface area (Å²) in [7, 11) is 0. The molecule has 0 bridgehead atoms. The molecule has 19 heavy (non-hydrogen) atoms. The molecule has 0 spiro atoms. The number of rotatable bonds is 6. The van der Waals surface area contributed by atoms with E-state index in [1.54, 1.807) is 11.3 Å². The molecule has 106 valence electrons. The van der Waals surface area contributed by atoms with Gasteiger partial charge in [-0.2, -0.15) is 11.3 Å². The van der Waals surface area contributed by atoms with E-state index in [1.165, 1.54) is 24.8 Å². The highest BCUT2D eigenvalue weighted by Crippen LogP contribution is 2.31. The van der Waals surface area contributed by atoms with Crippen LogP contribution in [0.5, 0.6) is 0 Å². The number of hydrogen-bond donors (Lipinski definition) is 1. The molecule has 2 unspecified atom stereocenters. The minimum Gasteiger partial charge on any atom is -0.379 e. The number of thiophene rings is 1. The van der Waals surface area contributed by atoms with Crippen LogP contribution in [0.1, 0.15) is 31.7 Å². The van der Waals surface area contributed by atoms with Crippen LogP contribution in [0, 0.1) is 0 Å². The Morgan fingerprint density at radius 2 is 2.42 bits per heavy atom. The maximum absolute atomic E-state index is 5.57.